The first-order chi connectivity index (χ1) is 8.20. The number of benzene rings is 1. The van der Waals surface area contributed by atoms with E-state index in [9.17, 15) is 4.79 Å². The monoisotopic (exact) mass is 334 g/mol. The number of halogens is 2. The molecule has 1 aliphatic heterocycles. The first-order valence-corrected chi connectivity index (χ1v) is 6.32. The maximum Gasteiger partial charge on any atom is 0.255 e. The van der Waals surface area contributed by atoms with Crippen molar-refractivity contribution in [2.75, 3.05) is 26.7 Å². The van der Waals surface area contributed by atoms with Crippen LogP contribution in [0, 0.1) is 5.92 Å². The highest BCUT2D eigenvalue weighted by atomic mass is 79.9. The lowest BCUT2D eigenvalue weighted by atomic mass is 10.0. The zero-order valence-corrected chi connectivity index (χ0v) is 12.4. The van der Waals surface area contributed by atoms with Crippen molar-refractivity contribution >= 4 is 34.2 Å². The summed E-state index contributed by atoms with van der Waals surface area (Å²) in [6.07, 6.45) is 0. The molecule has 0 aliphatic carbocycles. The topological polar surface area (TPSA) is 50.4 Å². The third-order valence-corrected chi connectivity index (χ3v) is 3.32. The Labute approximate surface area is 121 Å². The number of methoxy groups -OCH3 is 1. The van der Waals surface area contributed by atoms with E-state index in [0.717, 1.165) is 17.6 Å². The van der Waals surface area contributed by atoms with Gasteiger partial charge in [-0.2, -0.15) is 0 Å². The average molecular weight is 336 g/mol. The molecule has 0 saturated carbocycles. The lowest BCUT2D eigenvalue weighted by Gasteiger charge is -2.27. The zero-order valence-electron chi connectivity index (χ0n) is 10.0. The summed E-state index contributed by atoms with van der Waals surface area (Å²) >= 11 is 3.35. The minimum absolute atomic E-state index is 0. The molecule has 100 valence electrons. The number of nitrogens with one attached hydrogen (secondary N) is 2. The van der Waals surface area contributed by atoms with Gasteiger partial charge in [0.1, 0.15) is 5.75 Å². The molecule has 0 unspecified atom stereocenters. The second-order valence-electron chi connectivity index (χ2n) is 4.08. The van der Waals surface area contributed by atoms with E-state index in [1.165, 1.54) is 0 Å². The van der Waals surface area contributed by atoms with Gasteiger partial charge in [-0.3, -0.25) is 4.79 Å². The van der Waals surface area contributed by atoms with Crippen LogP contribution < -0.4 is 15.4 Å². The normalized spacial score (nSPS) is 14.3. The number of rotatable bonds is 4. The third kappa shape index (κ3) is 3.60. The molecule has 1 saturated heterocycles. The van der Waals surface area contributed by atoms with Gasteiger partial charge in [0.15, 0.2) is 0 Å². The molecule has 0 aromatic heterocycles. The molecule has 6 heteroatoms. The lowest BCUT2D eigenvalue weighted by molar-refractivity contribution is 0.0939. The molecule has 1 heterocycles. The third-order valence-electron chi connectivity index (χ3n) is 2.83. The van der Waals surface area contributed by atoms with Crippen molar-refractivity contribution in [1.82, 2.24) is 10.6 Å². The fourth-order valence-electron chi connectivity index (χ4n) is 1.68. The minimum Gasteiger partial charge on any atom is -0.496 e. The summed E-state index contributed by atoms with van der Waals surface area (Å²) in [4.78, 5) is 12.0. The molecular weight excluding hydrogens is 320 g/mol. The van der Waals surface area contributed by atoms with Gasteiger partial charge in [0.2, 0.25) is 0 Å². The summed E-state index contributed by atoms with van der Waals surface area (Å²) in [5, 5.41) is 6.09. The molecule has 1 aromatic carbocycles. The highest BCUT2D eigenvalue weighted by Crippen LogP contribution is 2.23. The van der Waals surface area contributed by atoms with E-state index in [1.54, 1.807) is 19.2 Å². The van der Waals surface area contributed by atoms with Crippen molar-refractivity contribution in [3.8, 4) is 5.75 Å². The van der Waals surface area contributed by atoms with Crippen LogP contribution in [0.15, 0.2) is 22.7 Å². The van der Waals surface area contributed by atoms with Gasteiger partial charge in [0.25, 0.3) is 5.91 Å². The number of amides is 1. The van der Waals surface area contributed by atoms with E-state index in [1.807, 2.05) is 6.07 Å². The molecular formula is C12H16BrClN2O2. The molecule has 1 amide bonds. The van der Waals surface area contributed by atoms with Gasteiger partial charge in [-0.05, 0) is 18.2 Å². The Bertz CT molecular complexity index is 425. The molecule has 4 nitrogen and oxygen atoms in total. The number of ether oxygens (including phenoxy) is 1. The van der Waals surface area contributed by atoms with Crippen molar-refractivity contribution in [2.24, 2.45) is 5.92 Å². The lowest BCUT2D eigenvalue weighted by Crippen LogP contribution is -2.48. The van der Waals surface area contributed by atoms with Crippen molar-refractivity contribution in [3.63, 3.8) is 0 Å². The molecule has 1 aliphatic rings. The fourth-order valence-corrected chi connectivity index (χ4v) is 2.02. The Balaban J connectivity index is 0.00000162. The quantitative estimate of drug-likeness (QED) is 0.882. The molecule has 2 N–H and O–H groups in total. The Morgan fingerprint density at radius 3 is 2.83 bits per heavy atom. The maximum atomic E-state index is 12.0. The number of carbonyl (C=O) groups excluding carboxylic acids is 1. The molecule has 0 radical (unpaired) electrons. The molecule has 2 rings (SSSR count). The van der Waals surface area contributed by atoms with Crippen LogP contribution in [0.4, 0.5) is 0 Å². The molecule has 0 spiro atoms. The van der Waals surface area contributed by atoms with E-state index in [4.69, 9.17) is 4.74 Å². The second-order valence-corrected chi connectivity index (χ2v) is 4.99. The maximum absolute atomic E-state index is 12.0. The summed E-state index contributed by atoms with van der Waals surface area (Å²) < 4.78 is 6.09. The zero-order chi connectivity index (χ0) is 12.3. The van der Waals surface area contributed by atoms with Gasteiger partial charge >= 0.3 is 0 Å². The summed E-state index contributed by atoms with van der Waals surface area (Å²) in [7, 11) is 1.56. The van der Waals surface area contributed by atoms with E-state index >= 15 is 0 Å². The van der Waals surface area contributed by atoms with Crippen molar-refractivity contribution < 1.29 is 9.53 Å². The van der Waals surface area contributed by atoms with E-state index in [-0.39, 0.29) is 18.3 Å². The molecule has 0 atom stereocenters. The Morgan fingerprint density at radius 1 is 1.56 bits per heavy atom. The van der Waals surface area contributed by atoms with Crippen LogP contribution in [0.5, 0.6) is 5.75 Å². The van der Waals surface area contributed by atoms with Gasteiger partial charge in [-0.1, -0.05) is 15.9 Å². The van der Waals surface area contributed by atoms with Crippen molar-refractivity contribution in [2.45, 2.75) is 0 Å². The number of hydrogen-bond acceptors (Lipinski definition) is 3. The predicted octanol–water partition coefficient (Wildman–Crippen LogP) is 1.83. The Morgan fingerprint density at radius 2 is 2.28 bits per heavy atom. The predicted molar refractivity (Wildman–Crippen MR) is 76.6 cm³/mol. The summed E-state index contributed by atoms with van der Waals surface area (Å²) in [5.41, 5.74) is 0.572. The van der Waals surface area contributed by atoms with E-state index in [2.05, 4.69) is 26.6 Å². The highest BCUT2D eigenvalue weighted by Gasteiger charge is 2.19. The van der Waals surface area contributed by atoms with Crippen LogP contribution in [0.1, 0.15) is 10.4 Å². The standard InChI is InChI=1S/C12H15BrN2O2.ClH/c1-17-11-4-9(13)2-3-10(11)12(16)15-7-8-5-14-6-8;/h2-4,8,14H,5-7H2,1H3,(H,15,16);1H. The summed E-state index contributed by atoms with van der Waals surface area (Å²) in [6.45, 7) is 2.68. The molecule has 1 fully saturated rings. The average Bonchev–Trinajstić information content (AvgIpc) is 2.26. The molecule has 18 heavy (non-hydrogen) atoms. The van der Waals surface area contributed by atoms with Crippen LogP contribution in [0.3, 0.4) is 0 Å². The van der Waals surface area contributed by atoms with Gasteiger partial charge in [-0.25, -0.2) is 0 Å². The number of hydrogen-bond donors (Lipinski definition) is 2. The van der Waals surface area contributed by atoms with Crippen LogP contribution in [0.25, 0.3) is 0 Å². The van der Waals surface area contributed by atoms with E-state index < -0.39 is 0 Å². The highest BCUT2D eigenvalue weighted by molar-refractivity contribution is 9.10. The van der Waals surface area contributed by atoms with Gasteiger partial charge in [0, 0.05) is 30.0 Å². The minimum atomic E-state index is -0.0822. The van der Waals surface area contributed by atoms with Crippen LogP contribution in [-0.4, -0.2) is 32.7 Å². The smallest absolute Gasteiger partial charge is 0.255 e. The van der Waals surface area contributed by atoms with Gasteiger partial charge in [-0.15, -0.1) is 12.4 Å². The van der Waals surface area contributed by atoms with Crippen molar-refractivity contribution in [3.05, 3.63) is 28.2 Å². The summed E-state index contributed by atoms with van der Waals surface area (Å²) in [6, 6.07) is 5.39. The second kappa shape index (κ2) is 6.97. The molecule has 1 aromatic rings. The SMILES string of the molecule is COc1cc(Br)ccc1C(=O)NCC1CNC1.Cl. The largest absolute Gasteiger partial charge is 0.496 e. The van der Waals surface area contributed by atoms with Crippen LogP contribution in [0.2, 0.25) is 0 Å². The number of carbonyl (C=O) groups is 1. The van der Waals surface area contributed by atoms with Crippen molar-refractivity contribution in [1.29, 1.82) is 0 Å². The van der Waals surface area contributed by atoms with Gasteiger partial charge < -0.3 is 15.4 Å². The Hall–Kier alpha value is -0.780. The van der Waals surface area contributed by atoms with Gasteiger partial charge in [0.05, 0.1) is 12.7 Å². The Kier molecular flexibility index (Phi) is 5.91. The van der Waals surface area contributed by atoms with E-state index in [0.29, 0.717) is 23.8 Å². The first-order valence-electron chi connectivity index (χ1n) is 5.53. The molecule has 0 bridgehead atoms. The van der Waals surface area contributed by atoms with Crippen LogP contribution in [-0.2, 0) is 0 Å². The first kappa shape index (κ1) is 15.3. The summed E-state index contributed by atoms with van der Waals surface area (Å²) in [5.74, 6) is 1.06. The van der Waals surface area contributed by atoms with Crippen LogP contribution >= 0.6 is 28.3 Å². The fraction of sp³-hybridized carbons (Fsp3) is 0.417.